The number of unbranched alkanes of at least 4 members (excludes halogenated alkanes) is 1. The maximum absolute atomic E-state index is 6.03. The van der Waals surface area contributed by atoms with Crippen molar-refractivity contribution in [3.63, 3.8) is 0 Å². The summed E-state index contributed by atoms with van der Waals surface area (Å²) in [6.45, 7) is 5.27. The molecule has 0 fully saturated rings. The minimum Gasteiger partial charge on any atom is -0.396 e. The molecule has 0 spiro atoms. The van der Waals surface area contributed by atoms with Gasteiger partial charge in [0.1, 0.15) is 5.69 Å². The first-order valence-corrected chi connectivity index (χ1v) is 6.66. The van der Waals surface area contributed by atoms with E-state index in [1.807, 2.05) is 10.9 Å². The van der Waals surface area contributed by atoms with Crippen LogP contribution in [0.25, 0.3) is 11.3 Å². The molecule has 0 aliphatic heterocycles. The van der Waals surface area contributed by atoms with Gasteiger partial charge in [-0.15, -0.1) is 0 Å². The van der Waals surface area contributed by atoms with Crippen molar-refractivity contribution in [3.05, 3.63) is 36.0 Å². The van der Waals surface area contributed by atoms with Gasteiger partial charge in [0, 0.05) is 18.3 Å². The topological polar surface area (TPSA) is 43.8 Å². The Kier molecular flexibility index (Phi) is 4.03. The molecule has 0 aliphatic carbocycles. The van der Waals surface area contributed by atoms with E-state index >= 15 is 0 Å². The molecular formula is C15H21N3. The highest BCUT2D eigenvalue weighted by Crippen LogP contribution is 2.24. The molecule has 1 aromatic heterocycles. The SMILES string of the molecule is CCCCn1cc(N)c(-c2ccc(CC)cc2)n1. The highest BCUT2D eigenvalue weighted by atomic mass is 15.3. The molecule has 0 unspecified atom stereocenters. The van der Waals surface area contributed by atoms with E-state index in [1.165, 1.54) is 12.0 Å². The number of anilines is 1. The third kappa shape index (κ3) is 2.73. The Morgan fingerprint density at radius 1 is 1.17 bits per heavy atom. The Morgan fingerprint density at radius 2 is 1.89 bits per heavy atom. The van der Waals surface area contributed by atoms with Gasteiger partial charge in [-0.05, 0) is 18.4 Å². The Morgan fingerprint density at radius 3 is 2.50 bits per heavy atom. The van der Waals surface area contributed by atoms with Gasteiger partial charge in [0.15, 0.2) is 0 Å². The van der Waals surface area contributed by atoms with E-state index in [0.29, 0.717) is 0 Å². The van der Waals surface area contributed by atoms with E-state index in [-0.39, 0.29) is 0 Å². The first kappa shape index (κ1) is 12.7. The molecule has 2 rings (SSSR count). The van der Waals surface area contributed by atoms with Crippen molar-refractivity contribution in [2.75, 3.05) is 5.73 Å². The van der Waals surface area contributed by atoms with E-state index in [4.69, 9.17) is 5.73 Å². The van der Waals surface area contributed by atoms with E-state index in [0.717, 1.165) is 36.3 Å². The van der Waals surface area contributed by atoms with Crippen LogP contribution in [0, 0.1) is 0 Å². The highest BCUT2D eigenvalue weighted by molar-refractivity contribution is 5.72. The maximum Gasteiger partial charge on any atom is 0.115 e. The first-order valence-electron chi connectivity index (χ1n) is 6.66. The van der Waals surface area contributed by atoms with Crippen LogP contribution >= 0.6 is 0 Å². The summed E-state index contributed by atoms with van der Waals surface area (Å²) in [5.74, 6) is 0. The minimum atomic E-state index is 0.760. The lowest BCUT2D eigenvalue weighted by Crippen LogP contribution is -1.97. The number of hydrogen-bond donors (Lipinski definition) is 1. The van der Waals surface area contributed by atoms with Crippen LogP contribution in [0.3, 0.4) is 0 Å². The van der Waals surface area contributed by atoms with Crippen molar-refractivity contribution in [2.24, 2.45) is 0 Å². The van der Waals surface area contributed by atoms with Crippen LogP contribution in [0.2, 0.25) is 0 Å². The summed E-state index contributed by atoms with van der Waals surface area (Å²) in [6.07, 6.45) is 5.29. The lowest BCUT2D eigenvalue weighted by molar-refractivity contribution is 0.573. The van der Waals surface area contributed by atoms with Gasteiger partial charge in [-0.25, -0.2) is 0 Å². The zero-order valence-corrected chi connectivity index (χ0v) is 11.2. The summed E-state index contributed by atoms with van der Waals surface area (Å²) in [7, 11) is 0. The van der Waals surface area contributed by atoms with Gasteiger partial charge >= 0.3 is 0 Å². The van der Waals surface area contributed by atoms with Crippen molar-refractivity contribution in [2.45, 2.75) is 39.7 Å². The maximum atomic E-state index is 6.03. The zero-order valence-electron chi connectivity index (χ0n) is 11.2. The summed E-state index contributed by atoms with van der Waals surface area (Å²) in [5, 5.41) is 4.56. The monoisotopic (exact) mass is 243 g/mol. The number of hydrogen-bond acceptors (Lipinski definition) is 2. The smallest absolute Gasteiger partial charge is 0.115 e. The third-order valence-corrected chi connectivity index (χ3v) is 3.17. The molecule has 18 heavy (non-hydrogen) atoms. The molecule has 0 radical (unpaired) electrons. The van der Waals surface area contributed by atoms with Crippen molar-refractivity contribution in [1.29, 1.82) is 0 Å². The van der Waals surface area contributed by atoms with Gasteiger partial charge < -0.3 is 5.73 Å². The van der Waals surface area contributed by atoms with Crippen molar-refractivity contribution in [1.82, 2.24) is 9.78 Å². The lowest BCUT2D eigenvalue weighted by Gasteiger charge is -2.01. The number of benzene rings is 1. The molecule has 0 amide bonds. The second-order valence-electron chi connectivity index (χ2n) is 4.60. The first-order chi connectivity index (χ1) is 8.74. The predicted octanol–water partition coefficient (Wildman–Crippen LogP) is 3.49. The molecule has 1 aromatic carbocycles. The molecule has 0 aliphatic rings. The van der Waals surface area contributed by atoms with Crippen LogP contribution in [-0.2, 0) is 13.0 Å². The molecule has 0 bridgehead atoms. The fourth-order valence-electron chi connectivity index (χ4n) is 1.99. The predicted molar refractivity (Wildman–Crippen MR) is 76.4 cm³/mol. The third-order valence-electron chi connectivity index (χ3n) is 3.17. The van der Waals surface area contributed by atoms with E-state index in [2.05, 4.69) is 43.2 Å². The van der Waals surface area contributed by atoms with Crippen LogP contribution in [-0.4, -0.2) is 9.78 Å². The average Bonchev–Trinajstić information content (AvgIpc) is 2.78. The standard InChI is InChI=1S/C15H21N3/c1-3-5-10-18-11-14(16)15(17-18)13-8-6-12(4-2)7-9-13/h6-9,11H,3-5,10,16H2,1-2H3. The molecule has 96 valence electrons. The zero-order chi connectivity index (χ0) is 13.0. The second-order valence-corrected chi connectivity index (χ2v) is 4.60. The highest BCUT2D eigenvalue weighted by Gasteiger charge is 2.08. The molecule has 3 heteroatoms. The van der Waals surface area contributed by atoms with E-state index in [1.54, 1.807) is 0 Å². The summed E-state index contributed by atoms with van der Waals surface area (Å²) >= 11 is 0. The van der Waals surface area contributed by atoms with E-state index in [9.17, 15) is 0 Å². The average molecular weight is 243 g/mol. The van der Waals surface area contributed by atoms with Crippen LogP contribution in [0.5, 0.6) is 0 Å². The summed E-state index contributed by atoms with van der Waals surface area (Å²) < 4.78 is 1.95. The number of nitrogens with two attached hydrogens (primary N) is 1. The molecular weight excluding hydrogens is 222 g/mol. The number of nitrogen functional groups attached to an aromatic ring is 1. The van der Waals surface area contributed by atoms with Gasteiger partial charge in [-0.1, -0.05) is 44.5 Å². The molecule has 1 heterocycles. The van der Waals surface area contributed by atoms with E-state index < -0.39 is 0 Å². The van der Waals surface area contributed by atoms with Crippen LogP contribution in [0.4, 0.5) is 5.69 Å². The number of aromatic nitrogens is 2. The molecule has 0 saturated heterocycles. The molecule has 3 nitrogen and oxygen atoms in total. The summed E-state index contributed by atoms with van der Waals surface area (Å²) in [5.41, 5.74) is 10.1. The normalized spacial score (nSPS) is 10.8. The van der Waals surface area contributed by atoms with Crippen LogP contribution in [0.15, 0.2) is 30.5 Å². The Hall–Kier alpha value is -1.77. The Labute approximate surface area is 109 Å². The number of rotatable bonds is 5. The van der Waals surface area contributed by atoms with Crippen molar-refractivity contribution in [3.8, 4) is 11.3 Å². The van der Waals surface area contributed by atoms with Crippen LogP contribution in [0.1, 0.15) is 32.3 Å². The Balaban J connectivity index is 2.23. The lowest BCUT2D eigenvalue weighted by atomic mass is 10.1. The fourth-order valence-corrected chi connectivity index (χ4v) is 1.99. The minimum absolute atomic E-state index is 0.760. The quantitative estimate of drug-likeness (QED) is 0.873. The second kappa shape index (κ2) is 5.71. The van der Waals surface area contributed by atoms with Crippen LogP contribution < -0.4 is 5.73 Å². The Bertz CT molecular complexity index is 497. The van der Waals surface area contributed by atoms with Gasteiger partial charge in [0.2, 0.25) is 0 Å². The van der Waals surface area contributed by atoms with Gasteiger partial charge in [-0.3, -0.25) is 4.68 Å². The fraction of sp³-hybridized carbons (Fsp3) is 0.400. The summed E-state index contributed by atoms with van der Waals surface area (Å²) in [6, 6.07) is 8.48. The number of nitrogens with zero attached hydrogens (tertiary/aromatic N) is 2. The summed E-state index contributed by atoms with van der Waals surface area (Å²) in [4.78, 5) is 0. The number of aryl methyl sites for hydroxylation is 2. The molecule has 0 saturated carbocycles. The molecule has 2 N–H and O–H groups in total. The van der Waals surface area contributed by atoms with Crippen molar-refractivity contribution >= 4 is 5.69 Å². The molecule has 2 aromatic rings. The van der Waals surface area contributed by atoms with Gasteiger partial charge in [0.25, 0.3) is 0 Å². The van der Waals surface area contributed by atoms with Gasteiger partial charge in [0.05, 0.1) is 5.69 Å². The largest absolute Gasteiger partial charge is 0.396 e. The molecule has 0 atom stereocenters. The van der Waals surface area contributed by atoms with Gasteiger partial charge in [-0.2, -0.15) is 5.10 Å². The van der Waals surface area contributed by atoms with Crippen molar-refractivity contribution < 1.29 is 0 Å².